The number of thiophene rings is 1. The molecule has 0 fully saturated rings. The minimum atomic E-state index is -0.222. The Labute approximate surface area is 125 Å². The molecule has 1 aromatic carbocycles. The Balaban J connectivity index is 2.44. The van der Waals surface area contributed by atoms with E-state index in [9.17, 15) is 0 Å². The highest BCUT2D eigenvalue weighted by Crippen LogP contribution is 2.37. The molecule has 0 aliphatic carbocycles. The molecule has 0 saturated heterocycles. The van der Waals surface area contributed by atoms with Crippen molar-refractivity contribution in [3.63, 3.8) is 0 Å². The molecule has 2 aromatic rings. The van der Waals surface area contributed by atoms with Gasteiger partial charge in [-0.1, -0.05) is 0 Å². The first-order chi connectivity index (χ1) is 9.06. The average molecular weight is 342 g/mol. The SMILES string of the molecule is COc1ccc(OC)c(C(N)c2cc(C)c(Br)s2)c1. The first-order valence-electron chi connectivity index (χ1n) is 5.80. The third-order valence-electron chi connectivity index (χ3n) is 2.95. The van der Waals surface area contributed by atoms with E-state index >= 15 is 0 Å². The summed E-state index contributed by atoms with van der Waals surface area (Å²) >= 11 is 5.17. The van der Waals surface area contributed by atoms with Crippen molar-refractivity contribution in [2.75, 3.05) is 14.2 Å². The van der Waals surface area contributed by atoms with Crippen molar-refractivity contribution < 1.29 is 9.47 Å². The van der Waals surface area contributed by atoms with Gasteiger partial charge < -0.3 is 15.2 Å². The smallest absolute Gasteiger partial charge is 0.124 e. The molecule has 0 spiro atoms. The molecule has 5 heteroatoms. The van der Waals surface area contributed by atoms with Gasteiger partial charge in [-0.25, -0.2) is 0 Å². The number of benzene rings is 1. The fraction of sp³-hybridized carbons (Fsp3) is 0.286. The molecule has 1 heterocycles. The number of hydrogen-bond donors (Lipinski definition) is 1. The van der Waals surface area contributed by atoms with Gasteiger partial charge >= 0.3 is 0 Å². The van der Waals surface area contributed by atoms with E-state index in [1.165, 1.54) is 5.56 Å². The van der Waals surface area contributed by atoms with Crippen molar-refractivity contribution in [1.82, 2.24) is 0 Å². The zero-order valence-corrected chi connectivity index (χ0v) is 13.5. The molecule has 2 N–H and O–H groups in total. The summed E-state index contributed by atoms with van der Waals surface area (Å²) in [7, 11) is 3.29. The van der Waals surface area contributed by atoms with Crippen molar-refractivity contribution in [1.29, 1.82) is 0 Å². The Morgan fingerprint density at radius 3 is 2.47 bits per heavy atom. The summed E-state index contributed by atoms with van der Waals surface area (Å²) in [5.74, 6) is 1.55. The normalized spacial score (nSPS) is 12.3. The summed E-state index contributed by atoms with van der Waals surface area (Å²) in [5, 5.41) is 0. The van der Waals surface area contributed by atoms with Crippen molar-refractivity contribution in [3.8, 4) is 11.5 Å². The Morgan fingerprint density at radius 1 is 1.21 bits per heavy atom. The van der Waals surface area contributed by atoms with Gasteiger partial charge in [0.1, 0.15) is 11.5 Å². The van der Waals surface area contributed by atoms with Gasteiger partial charge in [0.25, 0.3) is 0 Å². The van der Waals surface area contributed by atoms with Gasteiger partial charge in [0.15, 0.2) is 0 Å². The van der Waals surface area contributed by atoms with Crippen molar-refractivity contribution in [2.45, 2.75) is 13.0 Å². The van der Waals surface area contributed by atoms with Gasteiger partial charge in [-0.2, -0.15) is 0 Å². The van der Waals surface area contributed by atoms with E-state index in [0.29, 0.717) is 0 Å². The van der Waals surface area contributed by atoms with Crippen LogP contribution in [0.3, 0.4) is 0 Å². The zero-order valence-electron chi connectivity index (χ0n) is 11.1. The van der Waals surface area contributed by atoms with Crippen LogP contribution in [0.4, 0.5) is 0 Å². The predicted octanol–water partition coefficient (Wildman–Crippen LogP) is 3.88. The van der Waals surface area contributed by atoms with Crippen LogP contribution in [0.1, 0.15) is 22.0 Å². The van der Waals surface area contributed by atoms with Crippen LogP contribution in [0.5, 0.6) is 11.5 Å². The Morgan fingerprint density at radius 2 is 1.95 bits per heavy atom. The van der Waals surface area contributed by atoms with Gasteiger partial charge in [0, 0.05) is 10.4 Å². The lowest BCUT2D eigenvalue weighted by Gasteiger charge is -2.15. The first kappa shape index (κ1) is 14.4. The molecule has 0 aliphatic rings. The number of hydrogen-bond acceptors (Lipinski definition) is 4. The quantitative estimate of drug-likeness (QED) is 0.917. The highest BCUT2D eigenvalue weighted by atomic mass is 79.9. The number of ether oxygens (including phenoxy) is 2. The molecule has 1 unspecified atom stereocenters. The molecule has 2 rings (SSSR count). The maximum Gasteiger partial charge on any atom is 0.124 e. The predicted molar refractivity (Wildman–Crippen MR) is 82.3 cm³/mol. The Hall–Kier alpha value is -1.04. The molecule has 0 bridgehead atoms. The van der Waals surface area contributed by atoms with Crippen molar-refractivity contribution in [2.24, 2.45) is 5.73 Å². The molecule has 0 radical (unpaired) electrons. The Kier molecular flexibility index (Phi) is 4.50. The number of nitrogens with two attached hydrogens (primary N) is 1. The lowest BCUT2D eigenvalue weighted by molar-refractivity contribution is 0.397. The third-order valence-corrected chi connectivity index (χ3v) is 5.17. The van der Waals surface area contributed by atoms with Crippen LogP contribution >= 0.6 is 27.3 Å². The standard InChI is InChI=1S/C14H16BrNO2S/c1-8-6-12(19-14(8)15)13(16)10-7-9(17-2)4-5-11(10)18-3/h4-7,13H,16H2,1-3H3. The minimum absolute atomic E-state index is 0.222. The van der Waals surface area contributed by atoms with Crippen LogP contribution in [0, 0.1) is 6.92 Å². The second-order valence-electron chi connectivity index (χ2n) is 4.19. The number of aryl methyl sites for hydroxylation is 1. The number of methoxy groups -OCH3 is 2. The van der Waals surface area contributed by atoms with Gasteiger partial charge in [0.2, 0.25) is 0 Å². The second kappa shape index (κ2) is 5.94. The maximum atomic E-state index is 6.35. The number of halogens is 1. The summed E-state index contributed by atoms with van der Waals surface area (Å²) in [6, 6.07) is 7.54. The van der Waals surface area contributed by atoms with Gasteiger partial charge in [-0.3, -0.25) is 0 Å². The van der Waals surface area contributed by atoms with E-state index in [2.05, 4.69) is 28.9 Å². The lowest BCUT2D eigenvalue weighted by atomic mass is 10.0. The van der Waals surface area contributed by atoms with E-state index in [0.717, 1.165) is 25.7 Å². The van der Waals surface area contributed by atoms with Crippen molar-refractivity contribution in [3.05, 3.63) is 44.1 Å². The lowest BCUT2D eigenvalue weighted by Crippen LogP contribution is -2.11. The van der Waals surface area contributed by atoms with Crippen LogP contribution in [-0.2, 0) is 0 Å². The van der Waals surface area contributed by atoms with Crippen LogP contribution in [-0.4, -0.2) is 14.2 Å². The van der Waals surface area contributed by atoms with Crippen LogP contribution in [0.15, 0.2) is 28.1 Å². The van der Waals surface area contributed by atoms with E-state index in [1.807, 2.05) is 18.2 Å². The van der Waals surface area contributed by atoms with E-state index in [-0.39, 0.29) is 6.04 Å². The highest BCUT2D eigenvalue weighted by molar-refractivity contribution is 9.11. The monoisotopic (exact) mass is 341 g/mol. The summed E-state index contributed by atoms with van der Waals surface area (Å²) in [5.41, 5.74) is 8.47. The van der Waals surface area contributed by atoms with Crippen LogP contribution < -0.4 is 15.2 Å². The molecule has 19 heavy (non-hydrogen) atoms. The van der Waals surface area contributed by atoms with Crippen molar-refractivity contribution >= 4 is 27.3 Å². The van der Waals surface area contributed by atoms with E-state index in [4.69, 9.17) is 15.2 Å². The molecule has 0 saturated carbocycles. The number of rotatable bonds is 4. The third kappa shape index (κ3) is 2.94. The van der Waals surface area contributed by atoms with Crippen LogP contribution in [0.2, 0.25) is 0 Å². The molecule has 1 aromatic heterocycles. The molecular formula is C14H16BrNO2S. The maximum absolute atomic E-state index is 6.35. The summed E-state index contributed by atoms with van der Waals surface area (Å²) < 4.78 is 11.7. The van der Waals surface area contributed by atoms with Gasteiger partial charge in [-0.15, -0.1) is 11.3 Å². The summed E-state index contributed by atoms with van der Waals surface area (Å²) in [6.45, 7) is 2.06. The molecule has 0 aliphatic heterocycles. The van der Waals surface area contributed by atoms with Gasteiger partial charge in [-0.05, 0) is 52.7 Å². The molecular weight excluding hydrogens is 326 g/mol. The fourth-order valence-corrected chi connectivity index (χ4v) is 3.46. The largest absolute Gasteiger partial charge is 0.497 e. The molecule has 1 atom stereocenters. The molecule has 3 nitrogen and oxygen atoms in total. The first-order valence-corrected chi connectivity index (χ1v) is 7.41. The topological polar surface area (TPSA) is 44.5 Å². The Bertz CT molecular complexity index is 563. The summed E-state index contributed by atoms with van der Waals surface area (Å²) in [4.78, 5) is 1.09. The second-order valence-corrected chi connectivity index (χ2v) is 6.59. The molecule has 102 valence electrons. The zero-order chi connectivity index (χ0) is 14.0. The minimum Gasteiger partial charge on any atom is -0.497 e. The average Bonchev–Trinajstić information content (AvgIpc) is 2.77. The van der Waals surface area contributed by atoms with E-state index in [1.54, 1.807) is 25.6 Å². The summed E-state index contributed by atoms with van der Waals surface area (Å²) in [6.07, 6.45) is 0. The van der Waals surface area contributed by atoms with Crippen LogP contribution in [0.25, 0.3) is 0 Å². The molecule has 0 amide bonds. The van der Waals surface area contributed by atoms with Gasteiger partial charge in [0.05, 0.1) is 24.0 Å². The van der Waals surface area contributed by atoms with E-state index < -0.39 is 0 Å². The fourth-order valence-electron chi connectivity index (χ4n) is 1.87. The highest BCUT2D eigenvalue weighted by Gasteiger charge is 2.18.